The lowest BCUT2D eigenvalue weighted by atomic mass is 10.00. The van der Waals surface area contributed by atoms with Gasteiger partial charge in [-0.25, -0.2) is 0 Å². The van der Waals surface area contributed by atoms with E-state index in [1.807, 2.05) is 6.07 Å². The van der Waals surface area contributed by atoms with Crippen LogP contribution in [0.5, 0.6) is 0 Å². The third-order valence-corrected chi connectivity index (χ3v) is 4.62. The van der Waals surface area contributed by atoms with Crippen LogP contribution in [0.4, 0.5) is 11.4 Å². The predicted molar refractivity (Wildman–Crippen MR) is 103 cm³/mol. The van der Waals surface area contributed by atoms with Gasteiger partial charge in [0.1, 0.15) is 6.54 Å². The smallest absolute Gasteiger partial charge is 0.244 e. The van der Waals surface area contributed by atoms with Crippen molar-refractivity contribution in [1.29, 1.82) is 0 Å². The van der Waals surface area contributed by atoms with Crippen LogP contribution in [-0.4, -0.2) is 43.9 Å². The number of carbonyl (C=O) groups excluding carboxylic acids is 3. The molecular formula is C18H25ClN4O3. The summed E-state index contributed by atoms with van der Waals surface area (Å²) in [5, 5.41) is 8.97. The number of para-hydroxylation sites is 2. The van der Waals surface area contributed by atoms with Crippen LogP contribution in [0.2, 0.25) is 0 Å². The molecule has 1 saturated heterocycles. The number of anilines is 2. The number of amides is 3. The molecule has 0 aliphatic carbocycles. The predicted octanol–water partition coefficient (Wildman–Crippen LogP) is 1.29. The summed E-state index contributed by atoms with van der Waals surface area (Å²) in [4.78, 5) is 37.7. The first-order valence-electron chi connectivity index (χ1n) is 8.80. The minimum absolute atomic E-state index is 0. The van der Waals surface area contributed by atoms with Crippen LogP contribution in [-0.2, 0) is 14.4 Å². The Morgan fingerprint density at radius 1 is 1.23 bits per heavy atom. The van der Waals surface area contributed by atoms with Crippen LogP contribution in [0, 0.1) is 5.92 Å². The van der Waals surface area contributed by atoms with E-state index in [9.17, 15) is 14.4 Å². The average molecular weight is 381 g/mol. The molecule has 1 aromatic rings. The van der Waals surface area contributed by atoms with E-state index in [4.69, 9.17) is 0 Å². The fourth-order valence-electron chi connectivity index (χ4n) is 3.26. The number of piperidine rings is 1. The second-order valence-corrected chi connectivity index (χ2v) is 6.56. The molecule has 0 spiro atoms. The summed E-state index contributed by atoms with van der Waals surface area (Å²) < 4.78 is 0. The number of nitrogens with one attached hydrogen (secondary N) is 3. The Labute approximate surface area is 159 Å². The molecule has 2 aliphatic rings. The maximum Gasteiger partial charge on any atom is 0.244 e. The molecule has 8 heteroatoms. The van der Waals surface area contributed by atoms with Crippen molar-refractivity contribution in [3.63, 3.8) is 0 Å². The largest absolute Gasteiger partial charge is 0.356 e. The van der Waals surface area contributed by atoms with Gasteiger partial charge in [0.25, 0.3) is 0 Å². The van der Waals surface area contributed by atoms with Crippen LogP contribution >= 0.6 is 12.4 Å². The summed E-state index contributed by atoms with van der Waals surface area (Å²) in [5.74, 6) is -0.0854. The van der Waals surface area contributed by atoms with Crippen LogP contribution in [0.3, 0.4) is 0 Å². The summed E-state index contributed by atoms with van der Waals surface area (Å²) in [6.07, 6.45) is 2.48. The summed E-state index contributed by atoms with van der Waals surface area (Å²) in [5.41, 5.74) is 1.31. The Morgan fingerprint density at radius 3 is 2.81 bits per heavy atom. The van der Waals surface area contributed by atoms with Crippen LogP contribution < -0.4 is 20.9 Å². The fraction of sp³-hybridized carbons (Fsp3) is 0.500. The monoisotopic (exact) mass is 380 g/mol. The first kappa shape index (κ1) is 20.2. The first-order chi connectivity index (χ1) is 12.1. The maximum atomic E-state index is 12.5. The number of fused-ring (bicyclic) bond motifs is 1. The van der Waals surface area contributed by atoms with Crippen molar-refractivity contribution in [3.05, 3.63) is 24.3 Å². The molecule has 3 amide bonds. The van der Waals surface area contributed by atoms with Gasteiger partial charge < -0.3 is 20.9 Å². The molecule has 142 valence electrons. The lowest BCUT2D eigenvalue weighted by molar-refractivity contribution is -0.125. The lowest BCUT2D eigenvalue weighted by Crippen LogP contribution is -2.42. The van der Waals surface area contributed by atoms with Gasteiger partial charge in [0, 0.05) is 19.4 Å². The number of hydrogen-bond acceptors (Lipinski definition) is 4. The van der Waals surface area contributed by atoms with Crippen molar-refractivity contribution in [3.8, 4) is 0 Å². The van der Waals surface area contributed by atoms with Crippen molar-refractivity contribution in [2.45, 2.75) is 25.7 Å². The van der Waals surface area contributed by atoms with Gasteiger partial charge in [0.2, 0.25) is 17.7 Å². The SMILES string of the molecule is Cl.O=C(CCC(=O)N1CC(=O)Nc2ccccc21)NCC1CCCNC1. The zero-order valence-electron chi connectivity index (χ0n) is 14.6. The van der Waals surface area contributed by atoms with E-state index >= 15 is 0 Å². The Hall–Kier alpha value is -2.12. The number of nitrogens with zero attached hydrogens (tertiary/aromatic N) is 1. The molecule has 0 bridgehead atoms. The second-order valence-electron chi connectivity index (χ2n) is 6.56. The van der Waals surface area contributed by atoms with Crippen LogP contribution in [0.1, 0.15) is 25.7 Å². The van der Waals surface area contributed by atoms with E-state index in [1.54, 1.807) is 18.2 Å². The molecular weight excluding hydrogens is 356 g/mol. The average Bonchev–Trinajstić information content (AvgIpc) is 2.64. The van der Waals surface area contributed by atoms with Gasteiger partial charge in [-0.2, -0.15) is 0 Å². The lowest BCUT2D eigenvalue weighted by Gasteiger charge is -2.29. The highest BCUT2D eigenvalue weighted by molar-refractivity contribution is 6.10. The number of carbonyl (C=O) groups is 3. The molecule has 1 atom stereocenters. The van der Waals surface area contributed by atoms with Crippen LogP contribution in [0.25, 0.3) is 0 Å². The van der Waals surface area contributed by atoms with Crippen molar-refractivity contribution < 1.29 is 14.4 Å². The van der Waals surface area contributed by atoms with Gasteiger partial charge in [0.05, 0.1) is 11.4 Å². The number of halogens is 1. The van der Waals surface area contributed by atoms with Gasteiger partial charge in [-0.15, -0.1) is 12.4 Å². The Morgan fingerprint density at radius 2 is 2.04 bits per heavy atom. The Bertz CT molecular complexity index is 662. The van der Waals surface area contributed by atoms with Crippen molar-refractivity contribution in [2.24, 2.45) is 5.92 Å². The van der Waals surface area contributed by atoms with Crippen LogP contribution in [0.15, 0.2) is 24.3 Å². The zero-order chi connectivity index (χ0) is 17.6. The minimum atomic E-state index is -0.221. The van der Waals surface area contributed by atoms with E-state index in [-0.39, 0.29) is 49.5 Å². The molecule has 2 aliphatic heterocycles. The molecule has 0 saturated carbocycles. The Balaban J connectivity index is 0.00000243. The summed E-state index contributed by atoms with van der Waals surface area (Å²) >= 11 is 0. The third kappa shape index (κ3) is 5.19. The third-order valence-electron chi connectivity index (χ3n) is 4.62. The Kier molecular flexibility index (Phi) is 7.41. The number of benzene rings is 1. The second kappa shape index (κ2) is 9.54. The van der Waals surface area contributed by atoms with Crippen molar-refractivity contribution in [1.82, 2.24) is 10.6 Å². The van der Waals surface area contributed by atoms with Gasteiger partial charge >= 0.3 is 0 Å². The normalized spacial score (nSPS) is 19.0. The van der Waals surface area contributed by atoms with Gasteiger partial charge in [-0.3, -0.25) is 14.4 Å². The standard InChI is InChI=1S/C18H24N4O3.ClH/c23-16(20-11-13-4-3-9-19-10-13)7-8-18(25)22-12-17(24)21-14-5-1-2-6-15(14)22;/h1-2,5-6,13,19H,3-4,7-12H2,(H,20,23)(H,21,24);1H. The van der Waals surface area contributed by atoms with Gasteiger partial charge in [-0.1, -0.05) is 12.1 Å². The minimum Gasteiger partial charge on any atom is -0.356 e. The van der Waals surface area contributed by atoms with Gasteiger partial charge in [-0.05, 0) is 44.0 Å². The summed E-state index contributed by atoms with van der Waals surface area (Å²) in [6, 6.07) is 7.18. The number of hydrogen-bond donors (Lipinski definition) is 3. The highest BCUT2D eigenvalue weighted by Gasteiger charge is 2.26. The molecule has 7 nitrogen and oxygen atoms in total. The highest BCUT2D eigenvalue weighted by Crippen LogP contribution is 2.29. The first-order valence-corrected chi connectivity index (χ1v) is 8.80. The van der Waals surface area contributed by atoms with Crippen molar-refractivity contribution >= 4 is 41.5 Å². The van der Waals surface area contributed by atoms with E-state index in [0.717, 1.165) is 25.9 Å². The fourth-order valence-corrected chi connectivity index (χ4v) is 3.26. The molecule has 0 aromatic heterocycles. The summed E-state index contributed by atoms with van der Waals surface area (Å²) in [6.45, 7) is 2.61. The molecule has 1 fully saturated rings. The molecule has 1 unspecified atom stereocenters. The van der Waals surface area contributed by atoms with E-state index in [1.165, 1.54) is 4.90 Å². The zero-order valence-corrected chi connectivity index (χ0v) is 15.4. The van der Waals surface area contributed by atoms with E-state index in [2.05, 4.69) is 16.0 Å². The summed E-state index contributed by atoms with van der Waals surface area (Å²) in [7, 11) is 0. The molecule has 26 heavy (non-hydrogen) atoms. The number of rotatable bonds is 5. The molecule has 3 rings (SSSR count). The van der Waals surface area contributed by atoms with Gasteiger partial charge in [0.15, 0.2) is 0 Å². The molecule has 1 aromatic carbocycles. The maximum absolute atomic E-state index is 12.5. The quantitative estimate of drug-likeness (QED) is 0.718. The topological polar surface area (TPSA) is 90.5 Å². The highest BCUT2D eigenvalue weighted by atomic mass is 35.5. The van der Waals surface area contributed by atoms with E-state index in [0.29, 0.717) is 23.8 Å². The van der Waals surface area contributed by atoms with Crippen molar-refractivity contribution in [2.75, 3.05) is 36.4 Å². The van der Waals surface area contributed by atoms with E-state index < -0.39 is 0 Å². The molecule has 2 heterocycles. The molecule has 3 N–H and O–H groups in total. The molecule has 0 radical (unpaired) electrons.